The minimum absolute atomic E-state index is 0.192. The number of nitrogens with zero attached hydrogens (tertiary/aromatic N) is 5. The number of carbonyl (C=O) groups is 1. The largest absolute Gasteiger partial charge is 0.354 e. The Morgan fingerprint density at radius 3 is 2.71 bits per heavy atom. The number of hydrogen-bond donors (Lipinski definition) is 0. The summed E-state index contributed by atoms with van der Waals surface area (Å²) in [6.07, 6.45) is 9.39. The Bertz CT molecular complexity index is 648. The number of carbonyl (C=O) groups excluding carboxylic acids is 1. The highest BCUT2D eigenvalue weighted by molar-refractivity contribution is 5.76. The number of amides is 1. The van der Waals surface area contributed by atoms with E-state index < -0.39 is 0 Å². The van der Waals surface area contributed by atoms with E-state index in [2.05, 4.69) is 25.9 Å². The molecule has 2 aromatic heterocycles. The molecule has 130 valence electrons. The molecule has 1 atom stereocenters. The molecule has 6 heteroatoms. The summed E-state index contributed by atoms with van der Waals surface area (Å²) in [7, 11) is 2.02. The van der Waals surface area contributed by atoms with Crippen LogP contribution in [-0.2, 0) is 18.4 Å². The van der Waals surface area contributed by atoms with Gasteiger partial charge in [0.05, 0.1) is 6.04 Å². The molecule has 0 aliphatic carbocycles. The molecule has 0 bridgehead atoms. The van der Waals surface area contributed by atoms with Crippen LogP contribution in [0, 0.1) is 0 Å². The average Bonchev–Trinajstić information content (AvgIpc) is 3.25. The number of likely N-dealkylation sites (N-methyl/N-ethyl adjacent to an activating group) is 1. The van der Waals surface area contributed by atoms with Crippen LogP contribution >= 0.6 is 0 Å². The first-order valence-corrected chi connectivity index (χ1v) is 8.79. The van der Waals surface area contributed by atoms with E-state index in [1.165, 1.54) is 0 Å². The molecule has 1 saturated heterocycles. The normalized spacial score (nSPS) is 18.9. The summed E-state index contributed by atoms with van der Waals surface area (Å²) in [5.74, 6) is 1.30. The van der Waals surface area contributed by atoms with Crippen molar-refractivity contribution in [1.29, 1.82) is 0 Å². The molecule has 3 heterocycles. The SMILES string of the molecule is CCN1CCN(C(=O)CCCn2cccc2)C[C@H]1c1nccn1C. The fraction of sp³-hybridized carbons (Fsp3) is 0.556. The molecule has 1 aliphatic rings. The van der Waals surface area contributed by atoms with E-state index in [4.69, 9.17) is 0 Å². The molecule has 0 spiro atoms. The van der Waals surface area contributed by atoms with Gasteiger partial charge in [-0.15, -0.1) is 0 Å². The molecule has 0 aromatic carbocycles. The van der Waals surface area contributed by atoms with E-state index in [0.717, 1.165) is 45.0 Å². The number of rotatable bonds is 6. The van der Waals surface area contributed by atoms with Gasteiger partial charge in [0.2, 0.25) is 5.91 Å². The smallest absolute Gasteiger partial charge is 0.222 e. The molecule has 24 heavy (non-hydrogen) atoms. The summed E-state index contributed by atoms with van der Waals surface area (Å²) >= 11 is 0. The van der Waals surface area contributed by atoms with Crippen LogP contribution in [0.2, 0.25) is 0 Å². The third-order valence-corrected chi connectivity index (χ3v) is 4.88. The summed E-state index contributed by atoms with van der Waals surface area (Å²) in [5, 5.41) is 0. The Balaban J connectivity index is 1.58. The van der Waals surface area contributed by atoms with E-state index in [0.29, 0.717) is 6.42 Å². The maximum Gasteiger partial charge on any atom is 0.222 e. The Morgan fingerprint density at radius 2 is 2.04 bits per heavy atom. The second-order valence-electron chi connectivity index (χ2n) is 6.40. The predicted octanol–water partition coefficient (Wildman–Crippen LogP) is 1.91. The molecular weight excluding hydrogens is 302 g/mol. The number of aromatic nitrogens is 3. The Labute approximate surface area is 143 Å². The van der Waals surface area contributed by atoms with Crippen molar-refractivity contribution in [2.24, 2.45) is 7.05 Å². The fourth-order valence-electron chi connectivity index (χ4n) is 3.46. The van der Waals surface area contributed by atoms with Crippen LogP contribution in [0.25, 0.3) is 0 Å². The quantitative estimate of drug-likeness (QED) is 0.813. The lowest BCUT2D eigenvalue weighted by Gasteiger charge is -2.40. The zero-order valence-corrected chi connectivity index (χ0v) is 14.6. The van der Waals surface area contributed by atoms with Crippen LogP contribution < -0.4 is 0 Å². The summed E-state index contributed by atoms with van der Waals surface area (Å²) < 4.78 is 4.19. The van der Waals surface area contributed by atoms with E-state index in [1.807, 2.05) is 48.9 Å². The Hall–Kier alpha value is -2.08. The van der Waals surface area contributed by atoms with Crippen molar-refractivity contribution in [2.75, 3.05) is 26.2 Å². The molecular formula is C18H27N5O. The van der Waals surface area contributed by atoms with Gasteiger partial charge in [0.1, 0.15) is 5.82 Å². The Morgan fingerprint density at radius 1 is 1.25 bits per heavy atom. The predicted molar refractivity (Wildman–Crippen MR) is 93.4 cm³/mol. The zero-order chi connectivity index (χ0) is 16.9. The van der Waals surface area contributed by atoms with Crippen molar-refractivity contribution >= 4 is 5.91 Å². The summed E-state index contributed by atoms with van der Waals surface area (Å²) in [6.45, 7) is 6.52. The van der Waals surface area contributed by atoms with Crippen molar-refractivity contribution in [2.45, 2.75) is 32.4 Å². The topological polar surface area (TPSA) is 46.3 Å². The first kappa shape index (κ1) is 16.8. The monoisotopic (exact) mass is 329 g/mol. The van der Waals surface area contributed by atoms with Gasteiger partial charge in [-0.1, -0.05) is 6.92 Å². The van der Waals surface area contributed by atoms with E-state index in [9.17, 15) is 4.79 Å². The molecule has 0 unspecified atom stereocenters. The van der Waals surface area contributed by atoms with Crippen LogP contribution in [0.1, 0.15) is 31.6 Å². The van der Waals surface area contributed by atoms with E-state index in [1.54, 1.807) is 0 Å². The van der Waals surface area contributed by atoms with Gasteiger partial charge in [-0.05, 0) is 25.1 Å². The number of hydrogen-bond acceptors (Lipinski definition) is 3. The highest BCUT2D eigenvalue weighted by atomic mass is 16.2. The minimum Gasteiger partial charge on any atom is -0.354 e. The average molecular weight is 329 g/mol. The summed E-state index contributed by atoms with van der Waals surface area (Å²) in [4.78, 5) is 21.5. The highest BCUT2D eigenvalue weighted by Crippen LogP contribution is 2.24. The summed E-state index contributed by atoms with van der Waals surface area (Å²) in [6, 6.07) is 4.23. The maximum atomic E-state index is 12.6. The molecule has 1 amide bonds. The zero-order valence-electron chi connectivity index (χ0n) is 14.6. The van der Waals surface area contributed by atoms with Crippen molar-refractivity contribution in [1.82, 2.24) is 23.9 Å². The Kier molecular flexibility index (Phi) is 5.35. The van der Waals surface area contributed by atoms with Gasteiger partial charge in [-0.25, -0.2) is 4.98 Å². The molecule has 1 fully saturated rings. The van der Waals surface area contributed by atoms with Crippen molar-refractivity contribution in [3.8, 4) is 0 Å². The molecule has 3 rings (SSSR count). The van der Waals surface area contributed by atoms with E-state index in [-0.39, 0.29) is 11.9 Å². The van der Waals surface area contributed by atoms with E-state index >= 15 is 0 Å². The van der Waals surface area contributed by atoms with Crippen LogP contribution in [0.5, 0.6) is 0 Å². The second kappa shape index (κ2) is 7.66. The molecule has 2 aromatic rings. The van der Waals surface area contributed by atoms with Crippen molar-refractivity contribution < 1.29 is 4.79 Å². The van der Waals surface area contributed by atoms with Gasteiger partial charge >= 0.3 is 0 Å². The maximum absolute atomic E-state index is 12.6. The highest BCUT2D eigenvalue weighted by Gasteiger charge is 2.31. The molecule has 0 N–H and O–H groups in total. The van der Waals surface area contributed by atoms with Crippen LogP contribution in [0.15, 0.2) is 36.9 Å². The van der Waals surface area contributed by atoms with Gasteiger partial charge in [-0.3, -0.25) is 9.69 Å². The van der Waals surface area contributed by atoms with Crippen LogP contribution in [0.4, 0.5) is 0 Å². The van der Waals surface area contributed by atoms with Gasteiger partial charge in [0.25, 0.3) is 0 Å². The minimum atomic E-state index is 0.192. The first-order chi connectivity index (χ1) is 11.7. The number of aryl methyl sites for hydroxylation is 2. The van der Waals surface area contributed by atoms with Crippen molar-refractivity contribution in [3.05, 3.63) is 42.7 Å². The standard InChI is InChI=1S/C18H27N5O/c1-3-22-13-14-23(15-16(22)18-19-8-12-20(18)2)17(24)7-6-11-21-9-4-5-10-21/h4-5,8-10,12,16H,3,6-7,11,13-15H2,1-2H3/t16-/m0/s1. The van der Waals surface area contributed by atoms with Gasteiger partial charge in [-0.2, -0.15) is 0 Å². The number of piperazine rings is 1. The fourth-order valence-corrected chi connectivity index (χ4v) is 3.46. The lowest BCUT2D eigenvalue weighted by molar-refractivity contribution is -0.134. The summed E-state index contributed by atoms with van der Waals surface area (Å²) in [5.41, 5.74) is 0. The molecule has 6 nitrogen and oxygen atoms in total. The van der Waals surface area contributed by atoms with Crippen LogP contribution in [0.3, 0.4) is 0 Å². The molecule has 0 radical (unpaired) electrons. The lowest BCUT2D eigenvalue weighted by Crippen LogP contribution is -2.50. The van der Waals surface area contributed by atoms with Gasteiger partial charge in [0, 0.05) is 64.4 Å². The first-order valence-electron chi connectivity index (χ1n) is 8.79. The number of imidazole rings is 1. The third-order valence-electron chi connectivity index (χ3n) is 4.88. The molecule has 1 aliphatic heterocycles. The van der Waals surface area contributed by atoms with Gasteiger partial charge < -0.3 is 14.0 Å². The third kappa shape index (κ3) is 3.70. The second-order valence-corrected chi connectivity index (χ2v) is 6.40. The van der Waals surface area contributed by atoms with Crippen LogP contribution in [-0.4, -0.2) is 56.0 Å². The lowest BCUT2D eigenvalue weighted by atomic mass is 10.1. The van der Waals surface area contributed by atoms with Gasteiger partial charge in [0.15, 0.2) is 0 Å². The molecule has 0 saturated carbocycles. The van der Waals surface area contributed by atoms with Crippen molar-refractivity contribution in [3.63, 3.8) is 0 Å².